The Morgan fingerprint density at radius 1 is 1.18 bits per heavy atom. The highest BCUT2D eigenvalue weighted by Crippen LogP contribution is 2.29. The van der Waals surface area contributed by atoms with Crippen LogP contribution in [0.25, 0.3) is 0 Å². The summed E-state index contributed by atoms with van der Waals surface area (Å²) >= 11 is 3.38. The van der Waals surface area contributed by atoms with Crippen molar-refractivity contribution in [3.8, 4) is 5.75 Å². The van der Waals surface area contributed by atoms with Gasteiger partial charge in [0.05, 0.1) is 5.92 Å². The molecule has 1 unspecified atom stereocenters. The fourth-order valence-electron chi connectivity index (χ4n) is 2.25. The molecule has 22 heavy (non-hydrogen) atoms. The normalized spacial score (nSPS) is 11.9. The lowest BCUT2D eigenvalue weighted by Gasteiger charge is -2.14. The topological polar surface area (TPSA) is 80.4 Å². The van der Waals surface area contributed by atoms with Crippen LogP contribution in [0, 0.1) is 10.1 Å². The summed E-state index contributed by atoms with van der Waals surface area (Å²) < 4.78 is 0.750. The fraction of sp³-hybridized carbons (Fsp3) is 0.188. The maximum atomic E-state index is 12.3. The molecule has 0 amide bonds. The van der Waals surface area contributed by atoms with Crippen molar-refractivity contribution < 1.29 is 14.8 Å². The number of rotatable bonds is 6. The van der Waals surface area contributed by atoms with E-state index < -0.39 is 10.8 Å². The van der Waals surface area contributed by atoms with E-state index in [4.69, 9.17) is 0 Å². The molecular formula is C16H14BrNO4. The van der Waals surface area contributed by atoms with Crippen molar-refractivity contribution in [1.29, 1.82) is 0 Å². The number of hydrogen-bond acceptors (Lipinski definition) is 4. The number of halogens is 1. The molecule has 0 aliphatic carbocycles. The van der Waals surface area contributed by atoms with Gasteiger partial charge in [0.1, 0.15) is 5.75 Å². The van der Waals surface area contributed by atoms with Gasteiger partial charge in [0.25, 0.3) is 0 Å². The maximum Gasteiger partial charge on any atom is 0.211 e. The fourth-order valence-corrected chi connectivity index (χ4v) is 2.86. The molecule has 5 nitrogen and oxygen atoms in total. The lowest BCUT2D eigenvalue weighted by atomic mass is 9.91. The number of carbonyl (C=O) groups is 1. The van der Waals surface area contributed by atoms with E-state index in [0.29, 0.717) is 5.56 Å². The molecule has 114 valence electrons. The minimum atomic E-state index is -0.508. The zero-order valence-corrected chi connectivity index (χ0v) is 13.2. The predicted octanol–water partition coefficient (Wildman–Crippen LogP) is 3.79. The van der Waals surface area contributed by atoms with Crippen molar-refractivity contribution in [2.24, 2.45) is 0 Å². The molecule has 0 saturated heterocycles. The molecule has 0 saturated carbocycles. The van der Waals surface area contributed by atoms with E-state index in [0.717, 1.165) is 10.0 Å². The molecule has 2 aromatic rings. The van der Waals surface area contributed by atoms with Gasteiger partial charge in [-0.25, -0.2) is 0 Å². The minimum absolute atomic E-state index is 0.0361. The molecule has 0 fully saturated rings. The molecule has 0 aromatic heterocycles. The quantitative estimate of drug-likeness (QED) is 0.480. The lowest BCUT2D eigenvalue weighted by molar-refractivity contribution is -0.483. The second-order valence-corrected chi connectivity index (χ2v) is 5.76. The van der Waals surface area contributed by atoms with E-state index in [9.17, 15) is 20.0 Å². The SMILES string of the molecule is O=C(CC(C[N+](=O)[O-])c1ccccc1Br)c1ccc(O)cc1. The minimum Gasteiger partial charge on any atom is -0.508 e. The predicted molar refractivity (Wildman–Crippen MR) is 85.8 cm³/mol. The summed E-state index contributed by atoms with van der Waals surface area (Å²) in [4.78, 5) is 22.8. The summed E-state index contributed by atoms with van der Waals surface area (Å²) in [5.74, 6) is -0.626. The number of hydrogen-bond donors (Lipinski definition) is 1. The Morgan fingerprint density at radius 3 is 2.41 bits per heavy atom. The van der Waals surface area contributed by atoms with Gasteiger partial charge in [-0.05, 0) is 35.9 Å². The molecule has 0 heterocycles. The Morgan fingerprint density at radius 2 is 1.82 bits per heavy atom. The average Bonchev–Trinajstić information content (AvgIpc) is 2.47. The van der Waals surface area contributed by atoms with Crippen molar-refractivity contribution in [3.63, 3.8) is 0 Å². The van der Waals surface area contributed by atoms with E-state index in [1.165, 1.54) is 24.3 Å². The summed E-state index contributed by atoms with van der Waals surface area (Å²) in [5, 5.41) is 20.1. The zero-order valence-electron chi connectivity index (χ0n) is 11.6. The summed E-state index contributed by atoms with van der Waals surface area (Å²) in [6, 6.07) is 13.1. The van der Waals surface area contributed by atoms with Crippen LogP contribution in [0.5, 0.6) is 5.75 Å². The first-order valence-corrected chi connectivity index (χ1v) is 7.45. The van der Waals surface area contributed by atoms with Crippen LogP contribution >= 0.6 is 15.9 Å². The van der Waals surface area contributed by atoms with E-state index >= 15 is 0 Å². The van der Waals surface area contributed by atoms with Crippen LogP contribution in [-0.4, -0.2) is 22.4 Å². The van der Waals surface area contributed by atoms with E-state index in [2.05, 4.69) is 15.9 Å². The van der Waals surface area contributed by atoms with Crippen molar-refractivity contribution in [3.05, 3.63) is 74.2 Å². The van der Waals surface area contributed by atoms with Crippen LogP contribution in [-0.2, 0) is 0 Å². The second kappa shape index (κ2) is 7.17. The molecule has 0 aliphatic rings. The lowest BCUT2D eigenvalue weighted by Crippen LogP contribution is -2.17. The van der Waals surface area contributed by atoms with Gasteiger partial charge in [0.2, 0.25) is 6.54 Å². The number of aromatic hydroxyl groups is 1. The van der Waals surface area contributed by atoms with Gasteiger partial charge in [-0.2, -0.15) is 0 Å². The van der Waals surface area contributed by atoms with Crippen LogP contribution in [0.4, 0.5) is 0 Å². The number of benzene rings is 2. The number of ketones is 1. The van der Waals surface area contributed by atoms with E-state index in [-0.39, 0.29) is 24.5 Å². The van der Waals surface area contributed by atoms with Crippen molar-refractivity contribution in [2.75, 3.05) is 6.54 Å². The summed E-state index contributed by atoms with van der Waals surface area (Å²) in [7, 11) is 0. The first-order valence-electron chi connectivity index (χ1n) is 6.66. The molecule has 0 aliphatic heterocycles. The van der Waals surface area contributed by atoms with Gasteiger partial charge in [-0.15, -0.1) is 0 Å². The smallest absolute Gasteiger partial charge is 0.211 e. The maximum absolute atomic E-state index is 12.3. The Kier molecular flexibility index (Phi) is 5.27. The number of Topliss-reactive ketones (excluding diaryl/α,β-unsaturated/α-hetero) is 1. The monoisotopic (exact) mass is 363 g/mol. The van der Waals surface area contributed by atoms with Crippen LogP contribution in [0.3, 0.4) is 0 Å². The number of phenolic OH excluding ortho intramolecular Hbond substituents is 1. The largest absolute Gasteiger partial charge is 0.508 e. The summed E-state index contributed by atoms with van der Waals surface area (Å²) in [5.41, 5.74) is 1.17. The number of nitro groups is 1. The number of nitrogens with zero attached hydrogens (tertiary/aromatic N) is 1. The Bertz CT molecular complexity index is 685. The molecule has 0 radical (unpaired) electrons. The highest BCUT2D eigenvalue weighted by atomic mass is 79.9. The van der Waals surface area contributed by atoms with Gasteiger partial charge in [0, 0.05) is 21.4 Å². The van der Waals surface area contributed by atoms with Crippen molar-refractivity contribution >= 4 is 21.7 Å². The zero-order chi connectivity index (χ0) is 16.1. The third kappa shape index (κ3) is 4.14. The van der Waals surface area contributed by atoms with Gasteiger partial charge in [0.15, 0.2) is 5.78 Å². The number of phenols is 1. The summed E-state index contributed by atoms with van der Waals surface area (Å²) in [6.07, 6.45) is 0.0361. The van der Waals surface area contributed by atoms with Crippen LogP contribution in [0.2, 0.25) is 0 Å². The van der Waals surface area contributed by atoms with Crippen LogP contribution in [0.1, 0.15) is 28.3 Å². The number of carbonyl (C=O) groups excluding carboxylic acids is 1. The van der Waals surface area contributed by atoms with Gasteiger partial charge in [-0.1, -0.05) is 34.1 Å². The van der Waals surface area contributed by atoms with Crippen molar-refractivity contribution in [2.45, 2.75) is 12.3 Å². The van der Waals surface area contributed by atoms with Crippen LogP contribution in [0.15, 0.2) is 53.0 Å². The molecule has 1 atom stereocenters. The Hall–Kier alpha value is -2.21. The first kappa shape index (κ1) is 16.2. The molecule has 1 N–H and O–H groups in total. The van der Waals surface area contributed by atoms with Crippen LogP contribution < -0.4 is 0 Å². The summed E-state index contributed by atoms with van der Waals surface area (Å²) in [6.45, 7) is -0.313. The molecule has 2 aromatic carbocycles. The van der Waals surface area contributed by atoms with E-state index in [1.54, 1.807) is 18.2 Å². The van der Waals surface area contributed by atoms with Gasteiger partial charge >= 0.3 is 0 Å². The van der Waals surface area contributed by atoms with Gasteiger partial charge < -0.3 is 5.11 Å². The highest BCUT2D eigenvalue weighted by molar-refractivity contribution is 9.10. The third-order valence-electron chi connectivity index (χ3n) is 3.34. The van der Waals surface area contributed by atoms with Gasteiger partial charge in [-0.3, -0.25) is 14.9 Å². The molecule has 0 spiro atoms. The molecule has 2 rings (SSSR count). The standard InChI is InChI=1S/C16H14BrNO4/c17-15-4-2-1-3-14(15)12(10-18(21)22)9-16(20)11-5-7-13(19)8-6-11/h1-8,12,19H,9-10H2. The van der Waals surface area contributed by atoms with E-state index in [1.807, 2.05) is 6.07 Å². The molecule has 0 bridgehead atoms. The third-order valence-corrected chi connectivity index (χ3v) is 4.06. The molecule has 6 heteroatoms. The second-order valence-electron chi connectivity index (χ2n) is 4.91. The Labute approximate surface area is 135 Å². The average molecular weight is 364 g/mol. The first-order chi connectivity index (χ1) is 10.5. The Balaban J connectivity index is 2.23. The molecular weight excluding hydrogens is 350 g/mol. The highest BCUT2D eigenvalue weighted by Gasteiger charge is 2.23. The van der Waals surface area contributed by atoms with Crippen molar-refractivity contribution in [1.82, 2.24) is 0 Å².